The SMILES string of the molecule is CC(C)CCCCCCNc1nnc2ccccc2n1. The highest BCUT2D eigenvalue weighted by Gasteiger charge is 2.00. The molecule has 0 amide bonds. The van der Waals surface area contributed by atoms with E-state index in [0.717, 1.165) is 29.9 Å². The minimum atomic E-state index is 0.630. The summed E-state index contributed by atoms with van der Waals surface area (Å²) in [6.07, 6.45) is 6.42. The van der Waals surface area contributed by atoms with Gasteiger partial charge in [-0.25, -0.2) is 4.98 Å². The van der Waals surface area contributed by atoms with Crippen molar-refractivity contribution in [2.45, 2.75) is 46.0 Å². The molecule has 0 bridgehead atoms. The normalized spacial score (nSPS) is 11.2. The Labute approximate surface area is 121 Å². The predicted molar refractivity (Wildman–Crippen MR) is 83.7 cm³/mol. The van der Waals surface area contributed by atoms with Crippen LogP contribution in [0.4, 0.5) is 5.95 Å². The number of hydrogen-bond donors (Lipinski definition) is 1. The number of fused-ring (bicyclic) bond motifs is 1. The number of nitrogens with one attached hydrogen (secondary N) is 1. The van der Waals surface area contributed by atoms with Gasteiger partial charge in [0.15, 0.2) is 0 Å². The maximum absolute atomic E-state index is 4.45. The summed E-state index contributed by atoms with van der Waals surface area (Å²) < 4.78 is 0. The van der Waals surface area contributed by atoms with E-state index < -0.39 is 0 Å². The molecule has 0 atom stereocenters. The van der Waals surface area contributed by atoms with Crippen LogP contribution in [0.5, 0.6) is 0 Å². The van der Waals surface area contributed by atoms with E-state index in [0.29, 0.717) is 5.95 Å². The van der Waals surface area contributed by atoms with Crippen molar-refractivity contribution in [3.8, 4) is 0 Å². The molecule has 108 valence electrons. The fourth-order valence-electron chi connectivity index (χ4n) is 2.19. The van der Waals surface area contributed by atoms with Gasteiger partial charge in [-0.05, 0) is 24.5 Å². The molecule has 0 fully saturated rings. The van der Waals surface area contributed by atoms with Crippen molar-refractivity contribution in [1.29, 1.82) is 0 Å². The molecule has 2 aromatic rings. The van der Waals surface area contributed by atoms with Crippen molar-refractivity contribution < 1.29 is 0 Å². The molecule has 0 spiro atoms. The Bertz CT molecular complexity index is 525. The summed E-state index contributed by atoms with van der Waals surface area (Å²) in [5, 5.41) is 11.5. The summed E-state index contributed by atoms with van der Waals surface area (Å²) >= 11 is 0. The number of para-hydroxylation sites is 1. The van der Waals surface area contributed by atoms with Crippen LogP contribution >= 0.6 is 0 Å². The van der Waals surface area contributed by atoms with Crippen LogP contribution in [0, 0.1) is 5.92 Å². The lowest BCUT2D eigenvalue weighted by Gasteiger charge is -2.06. The zero-order valence-electron chi connectivity index (χ0n) is 12.5. The maximum atomic E-state index is 4.45. The average Bonchev–Trinajstić information content (AvgIpc) is 2.46. The molecule has 1 aromatic heterocycles. The monoisotopic (exact) mass is 272 g/mol. The van der Waals surface area contributed by atoms with Crippen LogP contribution in [0.2, 0.25) is 0 Å². The van der Waals surface area contributed by atoms with Gasteiger partial charge in [0.2, 0.25) is 5.95 Å². The molecule has 0 unspecified atom stereocenters. The van der Waals surface area contributed by atoms with Crippen LogP contribution in [-0.4, -0.2) is 21.7 Å². The molecule has 2 rings (SSSR count). The summed E-state index contributed by atoms with van der Waals surface area (Å²) in [6.45, 7) is 5.49. The van der Waals surface area contributed by atoms with Gasteiger partial charge < -0.3 is 5.32 Å². The highest BCUT2D eigenvalue weighted by Crippen LogP contribution is 2.11. The Morgan fingerprint density at radius 1 is 0.950 bits per heavy atom. The smallest absolute Gasteiger partial charge is 0.243 e. The maximum Gasteiger partial charge on any atom is 0.243 e. The zero-order valence-corrected chi connectivity index (χ0v) is 12.5. The highest BCUT2D eigenvalue weighted by molar-refractivity contribution is 5.73. The van der Waals surface area contributed by atoms with E-state index in [1.54, 1.807) is 0 Å². The largest absolute Gasteiger partial charge is 0.353 e. The van der Waals surface area contributed by atoms with E-state index in [1.807, 2.05) is 24.3 Å². The standard InChI is InChI=1S/C16H24N4/c1-13(2)9-5-3-4-8-12-17-16-18-14-10-6-7-11-15(14)19-20-16/h6-7,10-11,13H,3-5,8-9,12H2,1-2H3,(H,17,18,20). The van der Waals surface area contributed by atoms with Gasteiger partial charge in [-0.15, -0.1) is 10.2 Å². The quantitative estimate of drug-likeness (QED) is 0.737. The van der Waals surface area contributed by atoms with E-state index in [1.165, 1.54) is 25.7 Å². The number of benzene rings is 1. The van der Waals surface area contributed by atoms with E-state index in [9.17, 15) is 0 Å². The molecular weight excluding hydrogens is 248 g/mol. The molecule has 0 aliphatic heterocycles. The zero-order chi connectivity index (χ0) is 14.2. The molecule has 0 saturated carbocycles. The van der Waals surface area contributed by atoms with E-state index in [4.69, 9.17) is 0 Å². The first-order chi connectivity index (χ1) is 9.75. The van der Waals surface area contributed by atoms with Gasteiger partial charge in [-0.1, -0.05) is 51.7 Å². The highest BCUT2D eigenvalue weighted by atomic mass is 15.2. The molecule has 0 aliphatic carbocycles. The fraction of sp³-hybridized carbons (Fsp3) is 0.562. The second kappa shape index (κ2) is 7.78. The van der Waals surface area contributed by atoms with Gasteiger partial charge in [0.1, 0.15) is 5.52 Å². The molecule has 1 heterocycles. The van der Waals surface area contributed by atoms with Crippen LogP contribution in [0.1, 0.15) is 46.0 Å². The van der Waals surface area contributed by atoms with E-state index in [2.05, 4.69) is 34.3 Å². The minimum Gasteiger partial charge on any atom is -0.353 e. The molecule has 20 heavy (non-hydrogen) atoms. The van der Waals surface area contributed by atoms with Gasteiger partial charge in [0, 0.05) is 6.54 Å². The molecule has 1 aromatic carbocycles. The number of anilines is 1. The van der Waals surface area contributed by atoms with Gasteiger partial charge >= 0.3 is 0 Å². The first kappa shape index (κ1) is 14.7. The van der Waals surface area contributed by atoms with E-state index >= 15 is 0 Å². The third-order valence-corrected chi connectivity index (χ3v) is 3.35. The lowest BCUT2D eigenvalue weighted by molar-refractivity contribution is 0.522. The Morgan fingerprint density at radius 2 is 1.70 bits per heavy atom. The molecule has 1 N–H and O–H groups in total. The fourth-order valence-corrected chi connectivity index (χ4v) is 2.19. The van der Waals surface area contributed by atoms with Crippen molar-refractivity contribution in [3.63, 3.8) is 0 Å². The molecule has 0 radical (unpaired) electrons. The Morgan fingerprint density at radius 3 is 2.50 bits per heavy atom. The summed E-state index contributed by atoms with van der Waals surface area (Å²) in [7, 11) is 0. The minimum absolute atomic E-state index is 0.630. The third kappa shape index (κ3) is 4.76. The molecular formula is C16H24N4. The average molecular weight is 272 g/mol. The van der Waals surface area contributed by atoms with Crippen LogP contribution in [0.3, 0.4) is 0 Å². The molecule has 0 saturated heterocycles. The second-order valence-corrected chi connectivity index (χ2v) is 5.65. The summed E-state index contributed by atoms with van der Waals surface area (Å²) in [5.41, 5.74) is 1.73. The van der Waals surface area contributed by atoms with Crippen LogP contribution in [-0.2, 0) is 0 Å². The lowest BCUT2D eigenvalue weighted by atomic mass is 10.0. The summed E-state index contributed by atoms with van der Waals surface area (Å²) in [5.74, 6) is 1.45. The van der Waals surface area contributed by atoms with Gasteiger partial charge in [0.25, 0.3) is 0 Å². The van der Waals surface area contributed by atoms with Crippen molar-refractivity contribution in [3.05, 3.63) is 24.3 Å². The number of aromatic nitrogens is 3. The second-order valence-electron chi connectivity index (χ2n) is 5.65. The topological polar surface area (TPSA) is 50.7 Å². The van der Waals surface area contributed by atoms with Crippen LogP contribution in [0.25, 0.3) is 11.0 Å². The van der Waals surface area contributed by atoms with Crippen molar-refractivity contribution >= 4 is 17.0 Å². The van der Waals surface area contributed by atoms with Gasteiger partial charge in [-0.3, -0.25) is 0 Å². The third-order valence-electron chi connectivity index (χ3n) is 3.35. The Balaban J connectivity index is 1.68. The predicted octanol–water partition coefficient (Wildman–Crippen LogP) is 4.04. The van der Waals surface area contributed by atoms with Crippen LogP contribution in [0.15, 0.2) is 24.3 Å². The van der Waals surface area contributed by atoms with E-state index in [-0.39, 0.29) is 0 Å². The van der Waals surface area contributed by atoms with Crippen LogP contribution < -0.4 is 5.32 Å². The van der Waals surface area contributed by atoms with Gasteiger partial charge in [-0.2, -0.15) is 0 Å². The summed E-state index contributed by atoms with van der Waals surface area (Å²) in [6, 6.07) is 7.80. The Kier molecular flexibility index (Phi) is 5.71. The van der Waals surface area contributed by atoms with Crippen molar-refractivity contribution in [1.82, 2.24) is 15.2 Å². The summed E-state index contributed by atoms with van der Waals surface area (Å²) in [4.78, 5) is 4.45. The van der Waals surface area contributed by atoms with Crippen molar-refractivity contribution in [2.75, 3.05) is 11.9 Å². The van der Waals surface area contributed by atoms with Crippen molar-refractivity contribution in [2.24, 2.45) is 5.92 Å². The lowest BCUT2D eigenvalue weighted by Crippen LogP contribution is -2.06. The number of rotatable bonds is 8. The van der Waals surface area contributed by atoms with Gasteiger partial charge in [0.05, 0.1) is 5.52 Å². The number of unbranched alkanes of at least 4 members (excludes halogenated alkanes) is 3. The Hall–Kier alpha value is -1.71. The molecule has 0 aliphatic rings. The number of hydrogen-bond acceptors (Lipinski definition) is 4. The first-order valence-electron chi connectivity index (χ1n) is 7.59. The number of nitrogens with zero attached hydrogens (tertiary/aromatic N) is 3. The molecule has 4 nitrogen and oxygen atoms in total. The first-order valence-corrected chi connectivity index (χ1v) is 7.59. The molecule has 4 heteroatoms.